The normalized spacial score (nSPS) is 15.6. The Hall–Kier alpha value is -3.08. The topological polar surface area (TPSA) is 56.2 Å². The monoisotopic (exact) mass is 319 g/mol. The number of carbonyl (C=O) groups excluding carboxylic acids is 1. The molecule has 0 saturated carbocycles. The van der Waals surface area contributed by atoms with Crippen molar-refractivity contribution >= 4 is 5.91 Å². The lowest BCUT2D eigenvalue weighted by atomic mass is 10.1. The van der Waals surface area contributed by atoms with E-state index in [1.54, 1.807) is 12.5 Å². The van der Waals surface area contributed by atoms with Crippen molar-refractivity contribution in [3.8, 4) is 11.4 Å². The standard InChI is InChI=1S/C19H17N3O2/c23-19(18-11-15-3-1-2-4-17(15)24-18)21-12-14-5-7-16(8-6-14)22-10-9-20-13-22/h1-10,13,18H,11-12H2,(H,21,23). The van der Waals surface area contributed by atoms with Crippen LogP contribution >= 0.6 is 0 Å². The van der Waals surface area contributed by atoms with Crippen LogP contribution in [0.25, 0.3) is 5.69 Å². The molecule has 4 rings (SSSR count). The highest BCUT2D eigenvalue weighted by Crippen LogP contribution is 2.28. The second kappa shape index (κ2) is 6.20. The third kappa shape index (κ3) is 2.88. The maximum atomic E-state index is 12.3. The zero-order valence-electron chi connectivity index (χ0n) is 13.1. The Morgan fingerprint density at radius 1 is 1.21 bits per heavy atom. The highest BCUT2D eigenvalue weighted by molar-refractivity contribution is 5.82. The van der Waals surface area contributed by atoms with Crippen molar-refractivity contribution in [2.24, 2.45) is 0 Å². The number of imidazole rings is 1. The van der Waals surface area contributed by atoms with Crippen molar-refractivity contribution in [2.45, 2.75) is 19.1 Å². The summed E-state index contributed by atoms with van der Waals surface area (Å²) >= 11 is 0. The molecule has 1 amide bonds. The number of amides is 1. The largest absolute Gasteiger partial charge is 0.480 e. The number of benzene rings is 2. The van der Waals surface area contributed by atoms with Gasteiger partial charge in [-0.1, -0.05) is 30.3 Å². The molecule has 5 heteroatoms. The highest BCUT2D eigenvalue weighted by atomic mass is 16.5. The molecular formula is C19H17N3O2. The summed E-state index contributed by atoms with van der Waals surface area (Å²) in [4.78, 5) is 16.3. The van der Waals surface area contributed by atoms with E-state index in [4.69, 9.17) is 4.74 Å². The number of carbonyl (C=O) groups is 1. The van der Waals surface area contributed by atoms with E-state index in [-0.39, 0.29) is 5.91 Å². The molecule has 1 aliphatic heterocycles. The van der Waals surface area contributed by atoms with E-state index in [2.05, 4.69) is 10.3 Å². The molecule has 24 heavy (non-hydrogen) atoms. The molecule has 1 aromatic heterocycles. The quantitative estimate of drug-likeness (QED) is 0.804. The summed E-state index contributed by atoms with van der Waals surface area (Å²) in [6.45, 7) is 0.485. The summed E-state index contributed by atoms with van der Waals surface area (Å²) < 4.78 is 7.64. The second-order valence-electron chi connectivity index (χ2n) is 5.77. The molecule has 1 N–H and O–H groups in total. The first-order valence-electron chi connectivity index (χ1n) is 7.89. The molecule has 2 aromatic carbocycles. The zero-order chi connectivity index (χ0) is 16.4. The fraction of sp³-hybridized carbons (Fsp3) is 0.158. The van der Waals surface area contributed by atoms with Gasteiger partial charge in [-0.25, -0.2) is 4.98 Å². The van der Waals surface area contributed by atoms with Crippen molar-refractivity contribution in [3.63, 3.8) is 0 Å². The minimum atomic E-state index is -0.437. The van der Waals surface area contributed by atoms with Crippen LogP contribution in [0.3, 0.4) is 0 Å². The van der Waals surface area contributed by atoms with Gasteiger partial charge in [0.2, 0.25) is 0 Å². The molecule has 0 bridgehead atoms. The average molecular weight is 319 g/mol. The van der Waals surface area contributed by atoms with Crippen LogP contribution in [0.2, 0.25) is 0 Å². The molecular weight excluding hydrogens is 302 g/mol. The number of hydrogen-bond acceptors (Lipinski definition) is 3. The lowest BCUT2D eigenvalue weighted by Gasteiger charge is -2.11. The van der Waals surface area contributed by atoms with Crippen LogP contribution in [0.5, 0.6) is 5.75 Å². The number of nitrogens with zero attached hydrogens (tertiary/aromatic N) is 2. The first-order valence-corrected chi connectivity index (χ1v) is 7.89. The predicted molar refractivity (Wildman–Crippen MR) is 90.0 cm³/mol. The Morgan fingerprint density at radius 3 is 2.79 bits per heavy atom. The third-order valence-electron chi connectivity index (χ3n) is 4.15. The summed E-state index contributed by atoms with van der Waals surface area (Å²) in [7, 11) is 0. The summed E-state index contributed by atoms with van der Waals surface area (Å²) in [5.41, 5.74) is 3.17. The molecule has 1 unspecified atom stereocenters. The SMILES string of the molecule is O=C(NCc1ccc(-n2ccnc2)cc1)C1Cc2ccccc2O1. The maximum Gasteiger partial charge on any atom is 0.261 e. The van der Waals surface area contributed by atoms with Crippen LogP contribution in [-0.2, 0) is 17.8 Å². The number of aromatic nitrogens is 2. The molecule has 120 valence electrons. The molecule has 1 aliphatic rings. The number of nitrogens with one attached hydrogen (secondary N) is 1. The smallest absolute Gasteiger partial charge is 0.261 e. The first kappa shape index (κ1) is 14.5. The average Bonchev–Trinajstić information content (AvgIpc) is 3.29. The zero-order valence-corrected chi connectivity index (χ0v) is 13.1. The molecule has 1 atom stereocenters. The molecule has 3 aromatic rings. The Balaban J connectivity index is 1.35. The minimum absolute atomic E-state index is 0.0788. The van der Waals surface area contributed by atoms with Gasteiger partial charge in [-0.3, -0.25) is 4.79 Å². The highest BCUT2D eigenvalue weighted by Gasteiger charge is 2.28. The fourth-order valence-corrected chi connectivity index (χ4v) is 2.83. The van der Waals surface area contributed by atoms with E-state index in [9.17, 15) is 4.79 Å². The predicted octanol–water partition coefficient (Wildman–Crippen LogP) is 2.49. The van der Waals surface area contributed by atoms with Crippen molar-refractivity contribution in [1.29, 1.82) is 0 Å². The number of fused-ring (bicyclic) bond motifs is 1. The van der Waals surface area contributed by atoms with Crippen LogP contribution in [-0.4, -0.2) is 21.6 Å². The Kier molecular flexibility index (Phi) is 3.75. The summed E-state index contributed by atoms with van der Waals surface area (Å²) in [6.07, 6.45) is 5.58. The maximum absolute atomic E-state index is 12.3. The van der Waals surface area contributed by atoms with Crippen LogP contribution in [0.15, 0.2) is 67.3 Å². The third-order valence-corrected chi connectivity index (χ3v) is 4.15. The molecule has 0 spiro atoms. The van der Waals surface area contributed by atoms with E-state index in [1.807, 2.05) is 59.3 Å². The Bertz CT molecular complexity index is 816. The Labute approximate surface area is 139 Å². The second-order valence-corrected chi connectivity index (χ2v) is 5.77. The molecule has 2 heterocycles. The summed E-state index contributed by atoms with van der Waals surface area (Å²) in [5, 5.41) is 2.95. The van der Waals surface area contributed by atoms with Crippen molar-refractivity contribution in [3.05, 3.63) is 78.4 Å². The van der Waals surface area contributed by atoms with E-state index in [1.165, 1.54) is 0 Å². The van der Waals surface area contributed by atoms with Gasteiger partial charge in [0.25, 0.3) is 5.91 Å². The van der Waals surface area contributed by atoms with Crippen LogP contribution in [0, 0.1) is 0 Å². The molecule has 5 nitrogen and oxygen atoms in total. The van der Waals surface area contributed by atoms with Gasteiger partial charge in [0.05, 0.1) is 6.33 Å². The van der Waals surface area contributed by atoms with Gasteiger partial charge in [-0.15, -0.1) is 0 Å². The van der Waals surface area contributed by atoms with Gasteiger partial charge < -0.3 is 14.6 Å². The van der Waals surface area contributed by atoms with Crippen LogP contribution in [0.1, 0.15) is 11.1 Å². The molecule has 0 radical (unpaired) electrons. The van der Waals surface area contributed by atoms with Crippen molar-refractivity contribution in [1.82, 2.24) is 14.9 Å². The van der Waals surface area contributed by atoms with E-state index in [0.717, 1.165) is 22.6 Å². The number of ether oxygens (including phenoxy) is 1. The van der Waals surface area contributed by atoms with E-state index in [0.29, 0.717) is 13.0 Å². The number of para-hydroxylation sites is 1. The van der Waals surface area contributed by atoms with Gasteiger partial charge in [0, 0.05) is 31.0 Å². The van der Waals surface area contributed by atoms with Crippen LogP contribution in [0.4, 0.5) is 0 Å². The van der Waals surface area contributed by atoms with Gasteiger partial charge in [0.15, 0.2) is 6.10 Å². The lowest BCUT2D eigenvalue weighted by molar-refractivity contribution is -0.127. The van der Waals surface area contributed by atoms with Gasteiger partial charge in [-0.05, 0) is 29.3 Å². The summed E-state index contributed by atoms with van der Waals surface area (Å²) in [5.74, 6) is 0.729. The van der Waals surface area contributed by atoms with Crippen molar-refractivity contribution in [2.75, 3.05) is 0 Å². The lowest BCUT2D eigenvalue weighted by Crippen LogP contribution is -2.37. The minimum Gasteiger partial charge on any atom is -0.480 e. The summed E-state index contributed by atoms with van der Waals surface area (Å²) in [6, 6.07) is 15.8. The Morgan fingerprint density at radius 2 is 2.04 bits per heavy atom. The van der Waals surface area contributed by atoms with Crippen LogP contribution < -0.4 is 10.1 Å². The molecule has 0 aliphatic carbocycles. The van der Waals surface area contributed by atoms with Gasteiger partial charge >= 0.3 is 0 Å². The van der Waals surface area contributed by atoms with Gasteiger partial charge in [0.1, 0.15) is 5.75 Å². The molecule has 0 saturated heterocycles. The fourth-order valence-electron chi connectivity index (χ4n) is 2.83. The van der Waals surface area contributed by atoms with Gasteiger partial charge in [-0.2, -0.15) is 0 Å². The number of rotatable bonds is 4. The molecule has 0 fully saturated rings. The number of hydrogen-bond donors (Lipinski definition) is 1. The first-order chi connectivity index (χ1) is 11.8. The van der Waals surface area contributed by atoms with E-state index >= 15 is 0 Å². The van der Waals surface area contributed by atoms with E-state index < -0.39 is 6.10 Å². The van der Waals surface area contributed by atoms with Crippen molar-refractivity contribution < 1.29 is 9.53 Å².